The fourth-order valence-electron chi connectivity index (χ4n) is 1.61. The molecule has 14 heavy (non-hydrogen) atoms. The van der Waals surface area contributed by atoms with Crippen LogP contribution in [0.3, 0.4) is 0 Å². The van der Waals surface area contributed by atoms with Crippen LogP contribution < -0.4 is 4.74 Å². The quantitative estimate of drug-likeness (QED) is 0.686. The monoisotopic (exact) mass is 192 g/mol. The Labute approximate surface area is 84.8 Å². The summed E-state index contributed by atoms with van der Waals surface area (Å²) in [7, 11) is 1.68. The van der Waals surface area contributed by atoms with Crippen LogP contribution in [0.5, 0.6) is 5.75 Å². The summed E-state index contributed by atoms with van der Waals surface area (Å²) in [6, 6.07) is 8.21. The molecular weight excluding hydrogens is 176 g/mol. The van der Waals surface area contributed by atoms with Crippen molar-refractivity contribution >= 4 is 0 Å². The average Bonchev–Trinajstić information content (AvgIpc) is 2.97. The molecule has 2 rings (SSSR count). The number of rotatable bonds is 3. The molecule has 1 aliphatic rings. The molecule has 2 heteroatoms. The molecule has 0 bridgehead atoms. The van der Waals surface area contributed by atoms with E-state index in [1.165, 1.54) is 5.56 Å². The highest BCUT2D eigenvalue weighted by atomic mass is 16.6. The minimum atomic E-state index is 0.0641. The van der Waals surface area contributed by atoms with Crippen LogP contribution in [0, 0.1) is 0 Å². The first-order chi connectivity index (χ1) is 6.65. The number of hydrogen-bond acceptors (Lipinski definition) is 2. The predicted molar refractivity (Wildman–Crippen MR) is 55.8 cm³/mol. The van der Waals surface area contributed by atoms with Crippen molar-refractivity contribution in [2.45, 2.75) is 25.4 Å². The summed E-state index contributed by atoms with van der Waals surface area (Å²) in [5.41, 5.74) is 1.38. The van der Waals surface area contributed by atoms with Crippen molar-refractivity contribution in [2.24, 2.45) is 0 Å². The lowest BCUT2D eigenvalue weighted by Gasteiger charge is -2.16. The highest BCUT2D eigenvalue weighted by Crippen LogP contribution is 2.41. The summed E-state index contributed by atoms with van der Waals surface area (Å²) in [6.07, 6.45) is 0. The van der Waals surface area contributed by atoms with Crippen LogP contribution in [0.25, 0.3) is 0 Å². The molecule has 1 aromatic carbocycles. The number of benzene rings is 1. The first-order valence-corrected chi connectivity index (χ1v) is 4.93. The molecule has 0 amide bonds. The fraction of sp³-hybridized carbons (Fsp3) is 0.500. The summed E-state index contributed by atoms with van der Waals surface area (Å²) < 4.78 is 10.6. The van der Waals surface area contributed by atoms with Crippen LogP contribution in [0.15, 0.2) is 24.3 Å². The van der Waals surface area contributed by atoms with Gasteiger partial charge in [-0.25, -0.2) is 0 Å². The van der Waals surface area contributed by atoms with Gasteiger partial charge in [-0.2, -0.15) is 0 Å². The van der Waals surface area contributed by atoms with Gasteiger partial charge in [-0.05, 0) is 24.6 Å². The molecule has 1 saturated heterocycles. The molecule has 2 nitrogen and oxygen atoms in total. The van der Waals surface area contributed by atoms with Crippen molar-refractivity contribution in [1.82, 2.24) is 0 Å². The average molecular weight is 192 g/mol. The van der Waals surface area contributed by atoms with Crippen LogP contribution in [0.2, 0.25) is 0 Å². The van der Waals surface area contributed by atoms with E-state index in [-0.39, 0.29) is 5.60 Å². The van der Waals surface area contributed by atoms with Gasteiger partial charge in [0.15, 0.2) is 0 Å². The third-order valence-electron chi connectivity index (χ3n) is 3.13. The van der Waals surface area contributed by atoms with E-state index < -0.39 is 0 Å². The van der Waals surface area contributed by atoms with Gasteiger partial charge in [-0.3, -0.25) is 0 Å². The summed E-state index contributed by atoms with van der Waals surface area (Å²) in [6.45, 7) is 5.23. The van der Waals surface area contributed by atoms with E-state index in [2.05, 4.69) is 26.0 Å². The molecule has 76 valence electrons. The van der Waals surface area contributed by atoms with Gasteiger partial charge in [0.1, 0.15) is 5.75 Å². The minimum Gasteiger partial charge on any atom is -0.497 e. The van der Waals surface area contributed by atoms with E-state index in [1.54, 1.807) is 7.11 Å². The molecule has 0 spiro atoms. The molecule has 0 saturated carbocycles. The van der Waals surface area contributed by atoms with Gasteiger partial charge in [-0.15, -0.1) is 0 Å². The first kappa shape index (κ1) is 9.53. The standard InChI is InChI=1S/C12H16O2/c1-9(12(2)8-14-12)10-4-6-11(13-3)7-5-10/h4-7,9H,8H2,1-3H3. The molecule has 0 aliphatic carbocycles. The van der Waals surface area contributed by atoms with E-state index in [9.17, 15) is 0 Å². The van der Waals surface area contributed by atoms with E-state index in [4.69, 9.17) is 9.47 Å². The Morgan fingerprint density at radius 2 is 1.93 bits per heavy atom. The molecule has 1 aliphatic heterocycles. The second-order valence-electron chi connectivity index (χ2n) is 4.10. The summed E-state index contributed by atoms with van der Waals surface area (Å²) in [4.78, 5) is 0. The van der Waals surface area contributed by atoms with Crippen molar-refractivity contribution in [3.8, 4) is 5.75 Å². The highest BCUT2D eigenvalue weighted by Gasteiger charge is 2.45. The van der Waals surface area contributed by atoms with Gasteiger partial charge in [0.25, 0.3) is 0 Å². The second-order valence-corrected chi connectivity index (χ2v) is 4.10. The SMILES string of the molecule is COc1ccc(C(C)C2(C)CO2)cc1. The molecule has 0 N–H and O–H groups in total. The number of methoxy groups -OCH3 is 1. The molecular formula is C12H16O2. The van der Waals surface area contributed by atoms with Crippen LogP contribution in [-0.2, 0) is 4.74 Å². The largest absolute Gasteiger partial charge is 0.497 e. The zero-order valence-electron chi connectivity index (χ0n) is 8.91. The lowest BCUT2D eigenvalue weighted by atomic mass is 9.89. The van der Waals surface area contributed by atoms with Gasteiger partial charge < -0.3 is 9.47 Å². The third kappa shape index (κ3) is 1.62. The molecule has 0 aromatic heterocycles. The Morgan fingerprint density at radius 3 is 2.36 bits per heavy atom. The van der Waals surface area contributed by atoms with E-state index in [1.807, 2.05) is 12.1 Å². The van der Waals surface area contributed by atoms with E-state index >= 15 is 0 Å². The van der Waals surface area contributed by atoms with E-state index in [0.29, 0.717) is 5.92 Å². The van der Waals surface area contributed by atoms with Gasteiger partial charge in [-0.1, -0.05) is 19.1 Å². The number of ether oxygens (including phenoxy) is 2. The summed E-state index contributed by atoms with van der Waals surface area (Å²) in [5, 5.41) is 0. The fourth-order valence-corrected chi connectivity index (χ4v) is 1.61. The van der Waals surface area contributed by atoms with Crippen molar-refractivity contribution < 1.29 is 9.47 Å². The zero-order chi connectivity index (χ0) is 10.2. The van der Waals surface area contributed by atoms with Crippen molar-refractivity contribution in [3.05, 3.63) is 29.8 Å². The topological polar surface area (TPSA) is 21.8 Å². The van der Waals surface area contributed by atoms with Crippen LogP contribution in [-0.4, -0.2) is 19.3 Å². The Morgan fingerprint density at radius 1 is 1.36 bits per heavy atom. The maximum absolute atomic E-state index is 5.44. The zero-order valence-corrected chi connectivity index (χ0v) is 8.91. The minimum absolute atomic E-state index is 0.0641. The third-order valence-corrected chi connectivity index (χ3v) is 3.13. The molecule has 1 heterocycles. The number of epoxide rings is 1. The number of hydrogen-bond donors (Lipinski definition) is 0. The van der Waals surface area contributed by atoms with Crippen molar-refractivity contribution in [3.63, 3.8) is 0 Å². The molecule has 0 radical (unpaired) electrons. The van der Waals surface area contributed by atoms with Gasteiger partial charge >= 0.3 is 0 Å². The molecule has 2 unspecified atom stereocenters. The second kappa shape index (κ2) is 3.28. The van der Waals surface area contributed by atoms with Gasteiger partial charge in [0.2, 0.25) is 0 Å². The Balaban J connectivity index is 2.16. The lowest BCUT2D eigenvalue weighted by molar-refractivity contribution is 0.290. The maximum atomic E-state index is 5.44. The van der Waals surface area contributed by atoms with Crippen LogP contribution >= 0.6 is 0 Å². The van der Waals surface area contributed by atoms with E-state index in [0.717, 1.165) is 12.4 Å². The van der Waals surface area contributed by atoms with Gasteiger partial charge in [0.05, 0.1) is 19.3 Å². The molecule has 1 aromatic rings. The Bertz CT molecular complexity index is 312. The molecule has 2 atom stereocenters. The lowest BCUT2D eigenvalue weighted by Crippen LogP contribution is -2.14. The van der Waals surface area contributed by atoms with Gasteiger partial charge in [0, 0.05) is 5.92 Å². The summed E-state index contributed by atoms with van der Waals surface area (Å²) in [5.74, 6) is 1.36. The van der Waals surface area contributed by atoms with Crippen molar-refractivity contribution in [1.29, 1.82) is 0 Å². The normalized spacial score (nSPS) is 27.1. The molecule has 1 fully saturated rings. The maximum Gasteiger partial charge on any atom is 0.118 e. The van der Waals surface area contributed by atoms with Crippen molar-refractivity contribution in [2.75, 3.05) is 13.7 Å². The van der Waals surface area contributed by atoms with Crippen LogP contribution in [0.4, 0.5) is 0 Å². The summed E-state index contributed by atoms with van der Waals surface area (Å²) >= 11 is 0. The smallest absolute Gasteiger partial charge is 0.118 e. The predicted octanol–water partition coefficient (Wildman–Crippen LogP) is 2.59. The Kier molecular flexibility index (Phi) is 2.23. The van der Waals surface area contributed by atoms with Crippen LogP contribution in [0.1, 0.15) is 25.3 Å². The Hall–Kier alpha value is -1.02. The first-order valence-electron chi connectivity index (χ1n) is 4.93. The highest BCUT2D eigenvalue weighted by molar-refractivity contribution is 5.31.